The molecule has 1 heterocycles. The third-order valence-electron chi connectivity index (χ3n) is 3.20. The first-order chi connectivity index (χ1) is 8.25. The smallest absolute Gasteiger partial charge is 0.150 e. The summed E-state index contributed by atoms with van der Waals surface area (Å²) >= 11 is 0. The Morgan fingerprint density at radius 3 is 2.76 bits per heavy atom. The third-order valence-corrected chi connectivity index (χ3v) is 3.20. The van der Waals surface area contributed by atoms with Crippen LogP contribution in [0.4, 0.5) is 8.78 Å². The van der Waals surface area contributed by atoms with Gasteiger partial charge in [-0.25, -0.2) is 13.8 Å². The lowest BCUT2D eigenvalue weighted by Gasteiger charge is -2.14. The van der Waals surface area contributed by atoms with Gasteiger partial charge in [-0.1, -0.05) is 0 Å². The van der Waals surface area contributed by atoms with Crippen LogP contribution in [0.15, 0.2) is 24.5 Å². The molecule has 0 saturated heterocycles. The summed E-state index contributed by atoms with van der Waals surface area (Å²) in [4.78, 5) is 4.30. The number of nitrogens with zero attached hydrogens (tertiary/aromatic N) is 2. The maximum atomic E-state index is 13.7. The second kappa shape index (κ2) is 3.95. The molecule has 1 aliphatic carbocycles. The molecular weight excluding hydrogens is 222 g/mol. The molecule has 0 radical (unpaired) electrons. The quantitative estimate of drug-likeness (QED) is 0.741. The molecule has 17 heavy (non-hydrogen) atoms. The zero-order valence-corrected chi connectivity index (χ0v) is 9.29. The molecule has 0 spiro atoms. The van der Waals surface area contributed by atoms with Crippen molar-refractivity contribution >= 4 is 0 Å². The van der Waals surface area contributed by atoms with Gasteiger partial charge >= 0.3 is 0 Å². The maximum Gasteiger partial charge on any atom is 0.150 e. The van der Waals surface area contributed by atoms with Crippen molar-refractivity contribution in [3.63, 3.8) is 0 Å². The third kappa shape index (κ3) is 1.73. The lowest BCUT2D eigenvalue weighted by Crippen LogP contribution is -2.08. The Hall–Kier alpha value is -1.71. The molecule has 0 aliphatic heterocycles. The van der Waals surface area contributed by atoms with Crippen molar-refractivity contribution < 1.29 is 8.78 Å². The van der Waals surface area contributed by atoms with Crippen molar-refractivity contribution in [3.05, 3.63) is 47.5 Å². The number of hydrogen-bond donors (Lipinski definition) is 0. The van der Waals surface area contributed by atoms with Crippen LogP contribution in [0.2, 0.25) is 0 Å². The second-order valence-electron chi connectivity index (χ2n) is 4.31. The minimum Gasteiger partial charge on any atom is -0.300 e. The van der Waals surface area contributed by atoms with Gasteiger partial charge in [0, 0.05) is 11.8 Å². The molecular formula is C13H12F2N2. The molecule has 3 rings (SSSR count). The normalized spacial score (nSPS) is 14.7. The predicted molar refractivity (Wildman–Crippen MR) is 60.1 cm³/mol. The lowest BCUT2D eigenvalue weighted by atomic mass is 10.0. The van der Waals surface area contributed by atoms with Gasteiger partial charge in [0.15, 0.2) is 0 Å². The Morgan fingerprint density at radius 1 is 1.12 bits per heavy atom. The van der Waals surface area contributed by atoms with Crippen LogP contribution in [0.25, 0.3) is 5.69 Å². The van der Waals surface area contributed by atoms with Crippen LogP contribution in [0.3, 0.4) is 0 Å². The first-order valence-electron chi connectivity index (χ1n) is 5.76. The van der Waals surface area contributed by atoms with Crippen molar-refractivity contribution in [2.75, 3.05) is 0 Å². The number of halogens is 2. The second-order valence-corrected chi connectivity index (χ2v) is 4.31. The van der Waals surface area contributed by atoms with Gasteiger partial charge in [-0.05, 0) is 37.8 Å². The van der Waals surface area contributed by atoms with E-state index in [1.807, 2.05) is 0 Å². The maximum absolute atomic E-state index is 13.7. The monoisotopic (exact) mass is 234 g/mol. The molecule has 1 aromatic heterocycles. The van der Waals surface area contributed by atoms with Crippen molar-refractivity contribution in [1.29, 1.82) is 0 Å². The highest BCUT2D eigenvalue weighted by Crippen LogP contribution is 2.24. The summed E-state index contributed by atoms with van der Waals surface area (Å²) in [5, 5.41) is 0. The number of fused-ring (bicyclic) bond motifs is 1. The summed E-state index contributed by atoms with van der Waals surface area (Å²) in [6.45, 7) is 0. The fraction of sp³-hybridized carbons (Fsp3) is 0.308. The molecule has 0 saturated carbocycles. The van der Waals surface area contributed by atoms with E-state index in [9.17, 15) is 8.78 Å². The molecule has 0 amide bonds. The predicted octanol–water partition coefficient (Wildman–Crippen LogP) is 3.03. The summed E-state index contributed by atoms with van der Waals surface area (Å²) in [7, 11) is 0. The Balaban J connectivity index is 2.12. The van der Waals surface area contributed by atoms with E-state index in [4.69, 9.17) is 0 Å². The average Bonchev–Trinajstić information content (AvgIpc) is 2.73. The first-order valence-corrected chi connectivity index (χ1v) is 5.76. The van der Waals surface area contributed by atoms with Crippen molar-refractivity contribution in [1.82, 2.24) is 9.55 Å². The van der Waals surface area contributed by atoms with Crippen LogP contribution >= 0.6 is 0 Å². The molecule has 2 nitrogen and oxygen atoms in total. The number of hydrogen-bond acceptors (Lipinski definition) is 1. The molecule has 0 fully saturated rings. The van der Waals surface area contributed by atoms with E-state index in [0.717, 1.165) is 43.1 Å². The summed E-state index contributed by atoms with van der Waals surface area (Å²) in [6, 6.07) is 3.64. The molecule has 1 aliphatic rings. The Morgan fingerprint density at radius 2 is 1.94 bits per heavy atom. The Bertz CT molecular complexity index is 561. The van der Waals surface area contributed by atoms with Crippen molar-refractivity contribution in [2.24, 2.45) is 0 Å². The fourth-order valence-electron chi connectivity index (χ4n) is 2.35. The van der Waals surface area contributed by atoms with E-state index in [-0.39, 0.29) is 0 Å². The van der Waals surface area contributed by atoms with Crippen molar-refractivity contribution in [3.8, 4) is 5.69 Å². The molecule has 0 atom stereocenters. The number of aromatic nitrogens is 2. The van der Waals surface area contributed by atoms with E-state index in [1.54, 1.807) is 10.9 Å². The number of benzene rings is 1. The van der Waals surface area contributed by atoms with Gasteiger partial charge < -0.3 is 4.57 Å². The van der Waals surface area contributed by atoms with E-state index in [2.05, 4.69) is 4.98 Å². The standard InChI is InChI=1S/C13H12F2N2/c14-9-5-6-12(10(15)7-9)17-8-16-11-3-1-2-4-13(11)17/h5-8H,1-4H2. The molecule has 4 heteroatoms. The summed E-state index contributed by atoms with van der Waals surface area (Å²) in [5.74, 6) is -1.10. The lowest BCUT2D eigenvalue weighted by molar-refractivity contribution is 0.574. The van der Waals surface area contributed by atoms with Crippen LogP contribution in [0, 0.1) is 11.6 Å². The molecule has 0 bridgehead atoms. The SMILES string of the molecule is Fc1ccc(-n2cnc3c2CCCC3)c(F)c1. The molecule has 2 aromatic rings. The number of aryl methyl sites for hydroxylation is 1. The first kappa shape index (κ1) is 10.4. The summed E-state index contributed by atoms with van der Waals surface area (Å²) in [5.41, 5.74) is 2.48. The fourth-order valence-corrected chi connectivity index (χ4v) is 2.35. The van der Waals surface area contributed by atoms with Gasteiger partial charge in [0.1, 0.15) is 11.6 Å². The number of imidazole rings is 1. The van der Waals surface area contributed by atoms with Gasteiger partial charge in [-0.3, -0.25) is 0 Å². The largest absolute Gasteiger partial charge is 0.300 e. The molecule has 0 N–H and O–H groups in total. The van der Waals surface area contributed by atoms with Crippen LogP contribution in [0.1, 0.15) is 24.2 Å². The van der Waals surface area contributed by atoms with Gasteiger partial charge in [-0.15, -0.1) is 0 Å². The molecule has 1 aromatic carbocycles. The van der Waals surface area contributed by atoms with Crippen LogP contribution < -0.4 is 0 Å². The van der Waals surface area contributed by atoms with E-state index >= 15 is 0 Å². The highest BCUT2D eigenvalue weighted by molar-refractivity contribution is 5.37. The topological polar surface area (TPSA) is 17.8 Å². The highest BCUT2D eigenvalue weighted by Gasteiger charge is 2.17. The average molecular weight is 234 g/mol. The zero-order chi connectivity index (χ0) is 11.8. The Labute approximate surface area is 97.9 Å². The van der Waals surface area contributed by atoms with Crippen LogP contribution in [0.5, 0.6) is 0 Å². The summed E-state index contributed by atoms with van der Waals surface area (Å²) in [6.07, 6.45) is 5.72. The van der Waals surface area contributed by atoms with Crippen LogP contribution in [-0.4, -0.2) is 9.55 Å². The highest BCUT2D eigenvalue weighted by atomic mass is 19.1. The van der Waals surface area contributed by atoms with Crippen LogP contribution in [-0.2, 0) is 12.8 Å². The van der Waals surface area contributed by atoms with Gasteiger partial charge in [0.2, 0.25) is 0 Å². The van der Waals surface area contributed by atoms with Gasteiger partial charge in [0.05, 0.1) is 17.7 Å². The Kier molecular flexibility index (Phi) is 2.42. The van der Waals surface area contributed by atoms with Crippen molar-refractivity contribution in [2.45, 2.75) is 25.7 Å². The zero-order valence-electron chi connectivity index (χ0n) is 9.29. The minimum atomic E-state index is -0.555. The minimum absolute atomic E-state index is 0.377. The summed E-state index contributed by atoms with van der Waals surface area (Å²) < 4.78 is 28.3. The number of rotatable bonds is 1. The molecule has 88 valence electrons. The van der Waals surface area contributed by atoms with E-state index in [0.29, 0.717) is 5.69 Å². The van der Waals surface area contributed by atoms with Gasteiger partial charge in [0.25, 0.3) is 0 Å². The van der Waals surface area contributed by atoms with Gasteiger partial charge in [-0.2, -0.15) is 0 Å². The molecule has 0 unspecified atom stereocenters. The van der Waals surface area contributed by atoms with E-state index < -0.39 is 11.6 Å². The van der Waals surface area contributed by atoms with E-state index in [1.165, 1.54) is 12.1 Å².